The molecular formula is C22H18N4O4. The van der Waals surface area contributed by atoms with E-state index in [0.717, 1.165) is 15.7 Å². The predicted molar refractivity (Wildman–Crippen MR) is 113 cm³/mol. The van der Waals surface area contributed by atoms with Crippen LogP contribution in [0.3, 0.4) is 0 Å². The lowest BCUT2D eigenvalue weighted by Gasteiger charge is -2.14. The minimum absolute atomic E-state index is 0.0593. The fraction of sp³-hybridized carbons (Fsp3) is 0.136. The zero-order valence-electron chi connectivity index (χ0n) is 16.2. The van der Waals surface area contributed by atoms with Gasteiger partial charge in [-0.15, -0.1) is 0 Å². The second-order valence-corrected chi connectivity index (χ2v) is 7.04. The average molecular weight is 402 g/mol. The molecule has 0 aliphatic carbocycles. The summed E-state index contributed by atoms with van der Waals surface area (Å²) in [4.78, 5) is 41.0. The number of hydrogen-bond acceptors (Lipinski definition) is 5. The summed E-state index contributed by atoms with van der Waals surface area (Å²) in [6, 6.07) is 17.0. The smallest absolute Gasteiger partial charge is 0.287 e. The van der Waals surface area contributed by atoms with Crippen LogP contribution in [0.4, 0.5) is 5.69 Å². The predicted octanol–water partition coefficient (Wildman–Crippen LogP) is 2.87. The zero-order valence-corrected chi connectivity index (χ0v) is 16.2. The normalized spacial score (nSPS) is 11.0. The summed E-state index contributed by atoms with van der Waals surface area (Å²) in [6.07, 6.45) is 1.50. The highest BCUT2D eigenvalue weighted by molar-refractivity contribution is 5.73. The maximum absolute atomic E-state index is 13.3. The van der Waals surface area contributed by atoms with E-state index in [4.69, 9.17) is 0 Å². The Bertz CT molecular complexity index is 1370. The molecule has 0 aliphatic rings. The second kappa shape index (κ2) is 7.75. The number of aromatic nitrogens is 3. The molecule has 30 heavy (non-hydrogen) atoms. The second-order valence-electron chi connectivity index (χ2n) is 7.04. The van der Waals surface area contributed by atoms with Crippen LogP contribution in [0.15, 0.2) is 76.4 Å². The van der Waals surface area contributed by atoms with Gasteiger partial charge in [0, 0.05) is 18.3 Å². The number of non-ortho nitro benzene ring substituents is 1. The molecule has 0 amide bonds. The summed E-state index contributed by atoms with van der Waals surface area (Å²) in [5.74, 6) is 0. The van der Waals surface area contributed by atoms with Crippen molar-refractivity contribution in [2.45, 2.75) is 20.0 Å². The first-order valence-corrected chi connectivity index (χ1v) is 9.31. The van der Waals surface area contributed by atoms with Gasteiger partial charge >= 0.3 is 5.69 Å². The zero-order chi connectivity index (χ0) is 21.3. The molecule has 0 saturated heterocycles. The maximum atomic E-state index is 13.3. The molecule has 150 valence electrons. The summed E-state index contributed by atoms with van der Waals surface area (Å²) in [5, 5.41) is 11.1. The molecule has 0 radical (unpaired) electrons. The molecule has 8 heteroatoms. The van der Waals surface area contributed by atoms with Crippen molar-refractivity contribution in [1.82, 2.24) is 14.1 Å². The number of pyridine rings is 1. The molecule has 4 rings (SSSR count). The van der Waals surface area contributed by atoms with Gasteiger partial charge in [-0.05, 0) is 30.2 Å². The lowest BCUT2D eigenvalue weighted by Crippen LogP contribution is -2.40. The van der Waals surface area contributed by atoms with Crippen LogP contribution in [0.5, 0.6) is 0 Å². The average Bonchev–Trinajstić information content (AvgIpc) is 2.75. The number of nitro groups is 1. The first-order valence-electron chi connectivity index (χ1n) is 9.31. The van der Waals surface area contributed by atoms with Crippen LogP contribution < -0.4 is 11.2 Å². The van der Waals surface area contributed by atoms with Gasteiger partial charge in [-0.1, -0.05) is 42.0 Å². The highest BCUT2D eigenvalue weighted by Crippen LogP contribution is 2.15. The minimum atomic E-state index is -0.493. The van der Waals surface area contributed by atoms with Gasteiger partial charge in [0.15, 0.2) is 5.52 Å². The first kappa shape index (κ1) is 19.3. The van der Waals surface area contributed by atoms with E-state index >= 15 is 0 Å². The molecule has 2 aromatic heterocycles. The van der Waals surface area contributed by atoms with Crippen molar-refractivity contribution < 1.29 is 4.92 Å². The van der Waals surface area contributed by atoms with Crippen molar-refractivity contribution in [2.24, 2.45) is 0 Å². The van der Waals surface area contributed by atoms with Gasteiger partial charge in [0.05, 0.1) is 23.5 Å². The molecular weight excluding hydrogens is 384 g/mol. The summed E-state index contributed by atoms with van der Waals surface area (Å²) < 4.78 is 2.58. The van der Waals surface area contributed by atoms with Gasteiger partial charge in [-0.25, -0.2) is 9.78 Å². The van der Waals surface area contributed by atoms with Gasteiger partial charge in [-0.3, -0.25) is 24.0 Å². The standard InChI is InChI=1S/C22H18N4O4/c1-15-7-9-16(10-8-15)13-25-21(27)20-19(6-3-11-23-20)24(22(25)28)14-17-4-2-5-18(12-17)26(29)30/h2-12H,13-14H2,1H3. The summed E-state index contributed by atoms with van der Waals surface area (Å²) >= 11 is 0. The number of hydrogen-bond donors (Lipinski definition) is 0. The largest absolute Gasteiger partial charge is 0.332 e. The molecule has 0 unspecified atom stereocenters. The Kier molecular flexibility index (Phi) is 4.97. The lowest BCUT2D eigenvalue weighted by atomic mass is 10.1. The van der Waals surface area contributed by atoms with Crippen LogP contribution in [-0.2, 0) is 13.1 Å². The third-order valence-electron chi connectivity index (χ3n) is 4.91. The summed E-state index contributed by atoms with van der Waals surface area (Å²) in [7, 11) is 0. The molecule has 0 fully saturated rings. The van der Waals surface area contributed by atoms with E-state index in [1.807, 2.05) is 31.2 Å². The molecule has 0 saturated carbocycles. The number of benzene rings is 2. The van der Waals surface area contributed by atoms with Crippen LogP contribution in [-0.4, -0.2) is 19.0 Å². The van der Waals surface area contributed by atoms with Gasteiger partial charge in [0.2, 0.25) is 0 Å². The molecule has 0 aliphatic heterocycles. The Morgan fingerprint density at radius 2 is 1.67 bits per heavy atom. The third kappa shape index (κ3) is 3.62. The van der Waals surface area contributed by atoms with Crippen molar-refractivity contribution in [1.29, 1.82) is 0 Å². The number of fused-ring (bicyclic) bond motifs is 1. The van der Waals surface area contributed by atoms with Gasteiger partial charge in [0.25, 0.3) is 11.2 Å². The van der Waals surface area contributed by atoms with Crippen LogP contribution in [0.2, 0.25) is 0 Å². The third-order valence-corrected chi connectivity index (χ3v) is 4.91. The van der Waals surface area contributed by atoms with Crippen molar-refractivity contribution in [3.8, 4) is 0 Å². The Morgan fingerprint density at radius 3 is 2.40 bits per heavy atom. The van der Waals surface area contributed by atoms with E-state index in [0.29, 0.717) is 11.1 Å². The van der Waals surface area contributed by atoms with E-state index in [2.05, 4.69) is 4.98 Å². The highest BCUT2D eigenvalue weighted by atomic mass is 16.6. The Labute approximate surface area is 170 Å². The van der Waals surface area contributed by atoms with Crippen LogP contribution in [0.1, 0.15) is 16.7 Å². The van der Waals surface area contributed by atoms with Crippen molar-refractivity contribution in [2.75, 3.05) is 0 Å². The fourth-order valence-corrected chi connectivity index (χ4v) is 3.36. The van der Waals surface area contributed by atoms with Gasteiger partial charge in [0.1, 0.15) is 0 Å². The summed E-state index contributed by atoms with van der Waals surface area (Å²) in [6.45, 7) is 2.15. The van der Waals surface area contributed by atoms with Gasteiger partial charge < -0.3 is 0 Å². The fourth-order valence-electron chi connectivity index (χ4n) is 3.36. The Hall–Kier alpha value is -4.07. The molecule has 2 heterocycles. The molecule has 0 N–H and O–H groups in total. The lowest BCUT2D eigenvalue weighted by molar-refractivity contribution is -0.384. The monoisotopic (exact) mass is 402 g/mol. The number of nitrogens with zero attached hydrogens (tertiary/aromatic N) is 4. The van der Waals surface area contributed by atoms with Crippen LogP contribution >= 0.6 is 0 Å². The highest BCUT2D eigenvalue weighted by Gasteiger charge is 2.15. The SMILES string of the molecule is Cc1ccc(Cn2c(=O)c3ncccc3n(Cc3cccc([N+](=O)[O-])c3)c2=O)cc1. The van der Waals surface area contributed by atoms with Crippen LogP contribution in [0.25, 0.3) is 11.0 Å². The Morgan fingerprint density at radius 1 is 0.933 bits per heavy atom. The topological polar surface area (TPSA) is 100 Å². The van der Waals surface area contributed by atoms with Crippen molar-refractivity contribution in [3.63, 3.8) is 0 Å². The Balaban J connectivity index is 1.87. The number of aryl methyl sites for hydroxylation is 1. The molecule has 4 aromatic rings. The molecule has 2 aromatic carbocycles. The van der Waals surface area contributed by atoms with E-state index in [1.54, 1.807) is 24.3 Å². The first-order chi connectivity index (χ1) is 14.4. The van der Waals surface area contributed by atoms with Crippen molar-refractivity contribution in [3.05, 3.63) is 115 Å². The molecule has 0 bridgehead atoms. The van der Waals surface area contributed by atoms with Gasteiger partial charge in [-0.2, -0.15) is 0 Å². The quantitative estimate of drug-likeness (QED) is 0.377. The number of nitro benzene ring substituents is 1. The van der Waals surface area contributed by atoms with E-state index in [1.165, 1.54) is 22.9 Å². The van der Waals surface area contributed by atoms with E-state index in [9.17, 15) is 19.7 Å². The maximum Gasteiger partial charge on any atom is 0.332 e. The van der Waals surface area contributed by atoms with E-state index in [-0.39, 0.29) is 24.3 Å². The minimum Gasteiger partial charge on any atom is -0.287 e. The van der Waals surface area contributed by atoms with Crippen LogP contribution in [0, 0.1) is 17.0 Å². The molecule has 0 spiro atoms. The van der Waals surface area contributed by atoms with Crippen molar-refractivity contribution >= 4 is 16.7 Å². The summed E-state index contributed by atoms with van der Waals surface area (Å²) in [5.41, 5.74) is 2.02. The van der Waals surface area contributed by atoms with E-state index < -0.39 is 16.2 Å². The molecule has 0 atom stereocenters. The molecule has 8 nitrogen and oxygen atoms in total. The number of rotatable bonds is 5.